The van der Waals surface area contributed by atoms with Crippen molar-refractivity contribution in [1.82, 2.24) is 9.55 Å². The average Bonchev–Trinajstić information content (AvgIpc) is 2.88. The molecule has 0 aliphatic carbocycles. The summed E-state index contributed by atoms with van der Waals surface area (Å²) in [6.45, 7) is 1.99. The minimum atomic E-state index is -0.975. The van der Waals surface area contributed by atoms with E-state index in [0.717, 1.165) is 5.01 Å². The zero-order chi connectivity index (χ0) is 10.8. The number of rotatable bonds is 3. The third-order valence-corrected chi connectivity index (χ3v) is 3.19. The van der Waals surface area contributed by atoms with Gasteiger partial charge in [-0.1, -0.05) is 0 Å². The Morgan fingerprint density at radius 1 is 1.53 bits per heavy atom. The lowest BCUT2D eigenvalue weighted by molar-refractivity contribution is 0.0691. The Morgan fingerprint density at radius 2 is 2.20 bits per heavy atom. The van der Waals surface area contributed by atoms with Crippen LogP contribution in [0.3, 0.4) is 0 Å². The van der Waals surface area contributed by atoms with Gasteiger partial charge in [0.1, 0.15) is 5.01 Å². The molecule has 15 heavy (non-hydrogen) atoms. The van der Waals surface area contributed by atoms with Crippen LogP contribution in [0.5, 0.6) is 0 Å². The molecule has 0 radical (unpaired) electrons. The lowest BCUT2D eigenvalue weighted by atomic mass is 10.3. The molecule has 2 aromatic rings. The van der Waals surface area contributed by atoms with E-state index >= 15 is 0 Å². The first-order valence-corrected chi connectivity index (χ1v) is 5.37. The van der Waals surface area contributed by atoms with E-state index in [1.165, 1.54) is 11.3 Å². The Hall–Kier alpha value is -1.62. The van der Waals surface area contributed by atoms with Crippen molar-refractivity contribution in [3.8, 4) is 0 Å². The lowest BCUT2D eigenvalue weighted by Crippen LogP contribution is -2.04. The van der Waals surface area contributed by atoms with E-state index in [1.54, 1.807) is 5.38 Å². The van der Waals surface area contributed by atoms with E-state index < -0.39 is 5.97 Å². The van der Waals surface area contributed by atoms with Gasteiger partial charge < -0.3 is 9.67 Å². The minimum Gasteiger partial charge on any atom is -0.476 e. The van der Waals surface area contributed by atoms with Gasteiger partial charge in [0.25, 0.3) is 0 Å². The molecular weight excluding hydrogens is 212 g/mol. The Bertz CT molecular complexity index is 461. The Kier molecular flexibility index (Phi) is 2.55. The molecule has 78 valence electrons. The summed E-state index contributed by atoms with van der Waals surface area (Å²) < 4.78 is 1.99. The van der Waals surface area contributed by atoms with E-state index in [-0.39, 0.29) is 11.7 Å². The average molecular weight is 222 g/mol. The van der Waals surface area contributed by atoms with E-state index in [9.17, 15) is 4.79 Å². The number of carboxylic acid groups (broad SMARTS) is 1. The van der Waals surface area contributed by atoms with Gasteiger partial charge in [0.2, 0.25) is 0 Å². The molecule has 0 saturated heterocycles. The van der Waals surface area contributed by atoms with Crippen molar-refractivity contribution in [2.75, 3.05) is 0 Å². The standard InChI is InChI=1S/C10H10N2O2S/c1-7(12-4-2-3-5-12)9-11-8(6-15-9)10(13)14/h2-7H,1H3,(H,13,14). The van der Waals surface area contributed by atoms with Crippen LogP contribution in [0, 0.1) is 0 Å². The van der Waals surface area contributed by atoms with Crippen LogP contribution in [-0.4, -0.2) is 20.6 Å². The van der Waals surface area contributed by atoms with Gasteiger partial charge in [-0.25, -0.2) is 9.78 Å². The van der Waals surface area contributed by atoms with Crippen molar-refractivity contribution in [2.45, 2.75) is 13.0 Å². The zero-order valence-electron chi connectivity index (χ0n) is 8.12. The molecule has 0 amide bonds. The summed E-state index contributed by atoms with van der Waals surface area (Å²) in [5, 5.41) is 11.1. The third kappa shape index (κ3) is 1.92. The van der Waals surface area contributed by atoms with Gasteiger partial charge in [0.05, 0.1) is 6.04 Å². The first-order chi connectivity index (χ1) is 7.18. The number of hydrogen-bond acceptors (Lipinski definition) is 3. The SMILES string of the molecule is CC(c1nc(C(=O)O)cs1)n1cccc1. The van der Waals surface area contributed by atoms with Gasteiger partial charge in [-0.15, -0.1) is 11.3 Å². The molecule has 0 spiro atoms. The molecule has 1 N–H and O–H groups in total. The third-order valence-electron chi connectivity index (χ3n) is 2.17. The highest BCUT2D eigenvalue weighted by Gasteiger charge is 2.14. The summed E-state index contributed by atoms with van der Waals surface area (Å²) in [5.41, 5.74) is 0.119. The molecule has 2 aromatic heterocycles. The first kappa shape index (κ1) is 9.92. The van der Waals surface area contributed by atoms with Crippen LogP contribution in [0.15, 0.2) is 29.9 Å². The van der Waals surface area contributed by atoms with Crippen molar-refractivity contribution in [1.29, 1.82) is 0 Å². The lowest BCUT2D eigenvalue weighted by Gasteiger charge is -2.09. The molecule has 0 fully saturated rings. The van der Waals surface area contributed by atoms with Crippen molar-refractivity contribution in [3.63, 3.8) is 0 Å². The molecular formula is C10H10N2O2S. The monoisotopic (exact) mass is 222 g/mol. The summed E-state index contributed by atoms with van der Waals surface area (Å²) in [6.07, 6.45) is 3.87. The molecule has 0 bridgehead atoms. The molecule has 2 rings (SSSR count). The molecule has 5 heteroatoms. The van der Waals surface area contributed by atoms with Crippen LogP contribution in [0.1, 0.15) is 28.5 Å². The number of hydrogen-bond donors (Lipinski definition) is 1. The van der Waals surface area contributed by atoms with Crippen LogP contribution < -0.4 is 0 Å². The summed E-state index contributed by atoms with van der Waals surface area (Å²) in [7, 11) is 0. The second kappa shape index (κ2) is 3.86. The summed E-state index contributed by atoms with van der Waals surface area (Å²) in [4.78, 5) is 14.7. The predicted octanol–water partition coefficient (Wildman–Crippen LogP) is 2.25. The van der Waals surface area contributed by atoms with Crippen LogP contribution >= 0.6 is 11.3 Å². The topological polar surface area (TPSA) is 55.1 Å². The normalized spacial score (nSPS) is 12.6. The fourth-order valence-electron chi connectivity index (χ4n) is 1.31. The molecule has 0 aliphatic rings. The smallest absolute Gasteiger partial charge is 0.355 e. The Labute approximate surface area is 90.8 Å². The number of aromatic carboxylic acids is 1. The van der Waals surface area contributed by atoms with Gasteiger partial charge in [-0.2, -0.15) is 0 Å². The van der Waals surface area contributed by atoms with Gasteiger partial charge in [0, 0.05) is 17.8 Å². The number of carbonyl (C=O) groups is 1. The quantitative estimate of drug-likeness (QED) is 0.866. The van der Waals surface area contributed by atoms with Crippen molar-refractivity contribution < 1.29 is 9.90 Å². The molecule has 0 aliphatic heterocycles. The fourth-order valence-corrected chi connectivity index (χ4v) is 2.17. The Balaban J connectivity index is 2.26. The maximum Gasteiger partial charge on any atom is 0.355 e. The highest BCUT2D eigenvalue weighted by Crippen LogP contribution is 2.21. The highest BCUT2D eigenvalue weighted by atomic mass is 32.1. The fraction of sp³-hybridized carbons (Fsp3) is 0.200. The van der Waals surface area contributed by atoms with E-state index in [0.29, 0.717) is 0 Å². The van der Waals surface area contributed by atoms with Crippen LogP contribution in [0.4, 0.5) is 0 Å². The first-order valence-electron chi connectivity index (χ1n) is 4.49. The summed E-state index contributed by atoms with van der Waals surface area (Å²) >= 11 is 1.37. The van der Waals surface area contributed by atoms with Crippen molar-refractivity contribution in [2.24, 2.45) is 0 Å². The number of thiazole rings is 1. The molecule has 1 unspecified atom stereocenters. The van der Waals surface area contributed by atoms with Crippen molar-refractivity contribution in [3.05, 3.63) is 40.6 Å². The number of aromatic nitrogens is 2. The van der Waals surface area contributed by atoms with Crippen LogP contribution in [0.2, 0.25) is 0 Å². The second-order valence-corrected chi connectivity index (χ2v) is 4.07. The van der Waals surface area contributed by atoms with Gasteiger partial charge >= 0.3 is 5.97 Å². The molecule has 0 saturated carbocycles. The number of nitrogens with zero attached hydrogens (tertiary/aromatic N) is 2. The molecule has 1 atom stereocenters. The van der Waals surface area contributed by atoms with Crippen molar-refractivity contribution >= 4 is 17.3 Å². The van der Waals surface area contributed by atoms with Gasteiger partial charge in [-0.05, 0) is 19.1 Å². The van der Waals surface area contributed by atoms with Gasteiger partial charge in [-0.3, -0.25) is 0 Å². The second-order valence-electron chi connectivity index (χ2n) is 3.18. The Morgan fingerprint density at radius 3 is 2.73 bits per heavy atom. The summed E-state index contributed by atoms with van der Waals surface area (Å²) in [5.74, 6) is -0.975. The predicted molar refractivity (Wildman–Crippen MR) is 57.3 cm³/mol. The van der Waals surface area contributed by atoms with Gasteiger partial charge in [0.15, 0.2) is 5.69 Å². The molecule has 0 aromatic carbocycles. The largest absolute Gasteiger partial charge is 0.476 e. The maximum atomic E-state index is 10.7. The molecule has 2 heterocycles. The minimum absolute atomic E-state index is 0.0816. The van der Waals surface area contributed by atoms with E-state index in [1.807, 2.05) is 36.0 Å². The number of carboxylic acids is 1. The summed E-state index contributed by atoms with van der Waals surface area (Å²) in [6, 6.07) is 3.95. The highest BCUT2D eigenvalue weighted by molar-refractivity contribution is 7.09. The van der Waals surface area contributed by atoms with E-state index in [4.69, 9.17) is 5.11 Å². The maximum absolute atomic E-state index is 10.7. The van der Waals surface area contributed by atoms with Crippen LogP contribution in [0.25, 0.3) is 0 Å². The molecule has 4 nitrogen and oxygen atoms in total. The van der Waals surface area contributed by atoms with E-state index in [2.05, 4.69) is 4.98 Å². The zero-order valence-corrected chi connectivity index (χ0v) is 8.94. The van der Waals surface area contributed by atoms with Crippen LogP contribution in [-0.2, 0) is 0 Å².